The maximum Gasteiger partial charge on any atom is 0.243 e. The van der Waals surface area contributed by atoms with Crippen LogP contribution in [0.25, 0.3) is 11.0 Å². The van der Waals surface area contributed by atoms with E-state index in [1.807, 2.05) is 56.3 Å². The number of benzene rings is 2. The van der Waals surface area contributed by atoms with Gasteiger partial charge in [-0.15, -0.1) is 0 Å². The summed E-state index contributed by atoms with van der Waals surface area (Å²) in [7, 11) is 0. The molecule has 6 nitrogen and oxygen atoms in total. The van der Waals surface area contributed by atoms with E-state index in [1.165, 1.54) is 11.8 Å². The predicted octanol–water partition coefficient (Wildman–Crippen LogP) is 3.52. The van der Waals surface area contributed by atoms with Gasteiger partial charge in [0.25, 0.3) is 0 Å². The van der Waals surface area contributed by atoms with Crippen molar-refractivity contribution in [1.82, 2.24) is 14.9 Å². The van der Waals surface area contributed by atoms with Crippen LogP contribution in [0.1, 0.15) is 18.1 Å². The molecule has 0 spiro atoms. The van der Waals surface area contributed by atoms with Crippen LogP contribution < -0.4 is 10.6 Å². The van der Waals surface area contributed by atoms with Crippen LogP contribution in [0.2, 0.25) is 0 Å². The second-order valence-electron chi connectivity index (χ2n) is 6.49. The molecule has 0 atom stereocenters. The number of carbonyl (C=O) groups is 2. The van der Waals surface area contributed by atoms with Crippen LogP contribution in [-0.2, 0) is 16.1 Å². The third kappa shape index (κ3) is 4.54. The zero-order valence-electron chi connectivity index (χ0n) is 16.3. The molecule has 3 rings (SSSR count). The van der Waals surface area contributed by atoms with Gasteiger partial charge in [0.05, 0.1) is 23.3 Å². The molecular weight excluding hydrogens is 372 g/mol. The second-order valence-corrected chi connectivity index (χ2v) is 7.43. The van der Waals surface area contributed by atoms with E-state index < -0.39 is 0 Å². The SMILES string of the molecule is CCn1c(SCC(=O)NCC(=O)Nc2cccc(C)c2C)nc2ccccc21. The Morgan fingerprint density at radius 2 is 1.86 bits per heavy atom. The lowest BCUT2D eigenvalue weighted by molar-refractivity contribution is -0.122. The molecule has 0 radical (unpaired) electrons. The third-order valence-corrected chi connectivity index (χ3v) is 5.57. The molecular formula is C21H24N4O2S. The number of fused-ring (bicyclic) bond motifs is 1. The normalized spacial score (nSPS) is 10.8. The van der Waals surface area contributed by atoms with Crippen LogP contribution in [-0.4, -0.2) is 33.7 Å². The van der Waals surface area contributed by atoms with Crippen molar-refractivity contribution in [2.45, 2.75) is 32.5 Å². The lowest BCUT2D eigenvalue weighted by atomic mass is 10.1. The topological polar surface area (TPSA) is 76.0 Å². The molecule has 1 heterocycles. The summed E-state index contributed by atoms with van der Waals surface area (Å²) in [5.41, 5.74) is 4.87. The average Bonchev–Trinajstić information content (AvgIpc) is 3.05. The number of aryl methyl sites for hydroxylation is 2. The van der Waals surface area contributed by atoms with E-state index in [4.69, 9.17) is 0 Å². The Balaban J connectivity index is 1.52. The third-order valence-electron chi connectivity index (χ3n) is 4.59. The highest BCUT2D eigenvalue weighted by Gasteiger charge is 2.13. The Bertz CT molecular complexity index is 1010. The van der Waals surface area contributed by atoms with Gasteiger partial charge in [-0.05, 0) is 50.1 Å². The minimum atomic E-state index is -0.243. The number of imidazole rings is 1. The number of rotatable bonds is 7. The number of carbonyl (C=O) groups excluding carboxylic acids is 2. The van der Waals surface area contributed by atoms with E-state index in [9.17, 15) is 9.59 Å². The van der Waals surface area contributed by atoms with Gasteiger partial charge in [0.15, 0.2) is 5.16 Å². The lowest BCUT2D eigenvalue weighted by Crippen LogP contribution is -2.34. The largest absolute Gasteiger partial charge is 0.346 e. The summed E-state index contributed by atoms with van der Waals surface area (Å²) >= 11 is 1.37. The fraction of sp³-hybridized carbons (Fsp3) is 0.286. The number of aromatic nitrogens is 2. The van der Waals surface area contributed by atoms with E-state index in [0.29, 0.717) is 0 Å². The summed E-state index contributed by atoms with van der Waals surface area (Å²) in [6.45, 7) is 6.73. The highest BCUT2D eigenvalue weighted by molar-refractivity contribution is 7.99. The smallest absolute Gasteiger partial charge is 0.243 e. The van der Waals surface area contributed by atoms with Gasteiger partial charge in [0.2, 0.25) is 11.8 Å². The van der Waals surface area contributed by atoms with E-state index >= 15 is 0 Å². The molecule has 2 aromatic carbocycles. The predicted molar refractivity (Wildman–Crippen MR) is 114 cm³/mol. The molecule has 0 saturated heterocycles. The van der Waals surface area contributed by atoms with Crippen molar-refractivity contribution in [3.8, 4) is 0 Å². The summed E-state index contributed by atoms with van der Waals surface area (Å²) in [4.78, 5) is 28.9. The molecule has 28 heavy (non-hydrogen) atoms. The molecule has 0 bridgehead atoms. The Hall–Kier alpha value is -2.80. The van der Waals surface area contributed by atoms with Crippen LogP contribution in [0.4, 0.5) is 5.69 Å². The van der Waals surface area contributed by atoms with Crippen molar-refractivity contribution in [1.29, 1.82) is 0 Å². The Morgan fingerprint density at radius 1 is 1.07 bits per heavy atom. The molecule has 146 valence electrons. The van der Waals surface area contributed by atoms with Crippen molar-refractivity contribution in [2.24, 2.45) is 0 Å². The molecule has 0 aliphatic carbocycles. The highest BCUT2D eigenvalue weighted by Crippen LogP contribution is 2.23. The van der Waals surface area contributed by atoms with Crippen LogP contribution in [0, 0.1) is 13.8 Å². The summed E-state index contributed by atoms with van der Waals surface area (Å²) in [6.07, 6.45) is 0. The molecule has 2 amide bonds. The van der Waals surface area contributed by atoms with Gasteiger partial charge in [-0.25, -0.2) is 4.98 Å². The van der Waals surface area contributed by atoms with E-state index in [0.717, 1.165) is 39.5 Å². The fourth-order valence-electron chi connectivity index (χ4n) is 2.91. The molecule has 0 unspecified atom stereocenters. The molecule has 2 N–H and O–H groups in total. The first-order valence-corrected chi connectivity index (χ1v) is 10.2. The Morgan fingerprint density at radius 3 is 2.64 bits per heavy atom. The van der Waals surface area contributed by atoms with Crippen molar-refractivity contribution in [2.75, 3.05) is 17.6 Å². The number of hydrogen-bond acceptors (Lipinski definition) is 4. The zero-order valence-corrected chi connectivity index (χ0v) is 17.1. The quantitative estimate of drug-likeness (QED) is 0.599. The fourth-order valence-corrected chi connectivity index (χ4v) is 3.82. The maximum atomic E-state index is 12.2. The van der Waals surface area contributed by atoms with Gasteiger partial charge in [-0.2, -0.15) is 0 Å². The minimum absolute atomic E-state index is 0.0586. The van der Waals surface area contributed by atoms with Gasteiger partial charge < -0.3 is 15.2 Å². The first-order chi connectivity index (χ1) is 13.5. The van der Waals surface area contributed by atoms with Crippen LogP contribution >= 0.6 is 11.8 Å². The van der Waals surface area contributed by atoms with Crippen LogP contribution in [0.3, 0.4) is 0 Å². The van der Waals surface area contributed by atoms with Gasteiger partial charge in [0.1, 0.15) is 0 Å². The standard InChI is InChI=1S/C21H24N4O2S/c1-4-25-18-11-6-5-9-17(18)24-21(25)28-13-20(27)22-12-19(26)23-16-10-7-8-14(2)15(16)3/h5-11H,4,12-13H2,1-3H3,(H,22,27)(H,23,26). The molecule has 0 fully saturated rings. The number of para-hydroxylation sites is 2. The summed E-state index contributed by atoms with van der Waals surface area (Å²) in [5.74, 6) is -0.233. The van der Waals surface area contributed by atoms with Crippen LogP contribution in [0.5, 0.6) is 0 Å². The van der Waals surface area contributed by atoms with Crippen molar-refractivity contribution in [3.63, 3.8) is 0 Å². The van der Waals surface area contributed by atoms with Gasteiger partial charge in [0, 0.05) is 12.2 Å². The first-order valence-electron chi connectivity index (χ1n) is 9.20. The number of thioether (sulfide) groups is 1. The van der Waals surface area contributed by atoms with Crippen molar-refractivity contribution >= 4 is 40.3 Å². The van der Waals surface area contributed by atoms with E-state index in [2.05, 4.69) is 27.1 Å². The molecule has 7 heteroatoms. The minimum Gasteiger partial charge on any atom is -0.346 e. The summed E-state index contributed by atoms with van der Waals surface area (Å²) in [5, 5.41) is 6.31. The Labute approximate surface area is 168 Å². The lowest BCUT2D eigenvalue weighted by Gasteiger charge is -2.11. The van der Waals surface area contributed by atoms with Crippen LogP contribution in [0.15, 0.2) is 47.6 Å². The number of amides is 2. The number of hydrogen-bond donors (Lipinski definition) is 2. The zero-order chi connectivity index (χ0) is 20.1. The molecule has 3 aromatic rings. The van der Waals surface area contributed by atoms with E-state index in [-0.39, 0.29) is 24.1 Å². The van der Waals surface area contributed by atoms with Crippen molar-refractivity contribution in [3.05, 3.63) is 53.6 Å². The highest BCUT2D eigenvalue weighted by atomic mass is 32.2. The van der Waals surface area contributed by atoms with Crippen molar-refractivity contribution < 1.29 is 9.59 Å². The number of anilines is 1. The summed E-state index contributed by atoms with van der Waals surface area (Å²) < 4.78 is 2.08. The second kappa shape index (κ2) is 8.93. The van der Waals surface area contributed by atoms with Gasteiger partial charge in [-0.1, -0.05) is 36.0 Å². The molecule has 0 aliphatic heterocycles. The molecule has 0 saturated carbocycles. The monoisotopic (exact) mass is 396 g/mol. The number of nitrogens with zero attached hydrogens (tertiary/aromatic N) is 2. The number of nitrogens with one attached hydrogen (secondary N) is 2. The first kappa shape index (κ1) is 19.9. The Kier molecular flexibility index (Phi) is 6.36. The maximum absolute atomic E-state index is 12.2. The molecule has 1 aromatic heterocycles. The van der Waals surface area contributed by atoms with E-state index in [1.54, 1.807) is 0 Å². The van der Waals surface area contributed by atoms with Gasteiger partial charge >= 0.3 is 0 Å². The average molecular weight is 397 g/mol. The molecule has 0 aliphatic rings. The summed E-state index contributed by atoms with van der Waals surface area (Å²) in [6, 6.07) is 13.7. The van der Waals surface area contributed by atoms with Gasteiger partial charge in [-0.3, -0.25) is 9.59 Å².